The summed E-state index contributed by atoms with van der Waals surface area (Å²) in [5.74, 6) is -1.64. The minimum absolute atomic E-state index is 0.0431. The normalized spacial score (nSPS) is 16.2. The lowest BCUT2D eigenvalue weighted by molar-refractivity contribution is -0.146. The number of phenols is 1. The second kappa shape index (κ2) is 12.4. The highest BCUT2D eigenvalue weighted by atomic mass is 16.5. The van der Waals surface area contributed by atoms with Gasteiger partial charge in [-0.15, -0.1) is 0 Å². The molecule has 8 nitrogen and oxygen atoms in total. The van der Waals surface area contributed by atoms with Gasteiger partial charge >= 0.3 is 5.97 Å². The van der Waals surface area contributed by atoms with Gasteiger partial charge in [-0.05, 0) is 47.7 Å². The van der Waals surface area contributed by atoms with Crippen molar-refractivity contribution in [2.24, 2.45) is 5.73 Å². The van der Waals surface area contributed by atoms with E-state index in [0.717, 1.165) is 22.3 Å². The zero-order valence-electron chi connectivity index (χ0n) is 21.4. The highest BCUT2D eigenvalue weighted by Gasteiger charge is 2.37. The monoisotopic (exact) mass is 515 g/mol. The number of carbonyl (C=O) groups is 3. The predicted molar refractivity (Wildman–Crippen MR) is 143 cm³/mol. The first kappa shape index (κ1) is 26.9. The number of benzene rings is 3. The lowest BCUT2D eigenvalue weighted by Crippen LogP contribution is -2.57. The van der Waals surface area contributed by atoms with Gasteiger partial charge in [-0.3, -0.25) is 14.4 Å². The second-order valence-electron chi connectivity index (χ2n) is 9.39. The summed E-state index contributed by atoms with van der Waals surface area (Å²) in [6.07, 6.45) is 0.611. The summed E-state index contributed by atoms with van der Waals surface area (Å²) in [7, 11) is 0. The zero-order valence-corrected chi connectivity index (χ0v) is 21.4. The van der Waals surface area contributed by atoms with Crippen LogP contribution >= 0.6 is 0 Å². The molecule has 4 N–H and O–H groups in total. The SMILES string of the molecule is CCOC(=O)[C@@H](CNC(=O)[C@@H]1Cc2ccccc2CN1C(=O)[C@@H](N)Cc1ccc(O)cc1)c1ccccc1. The Kier molecular flexibility index (Phi) is 8.76. The van der Waals surface area contributed by atoms with Crippen LogP contribution in [0.25, 0.3) is 0 Å². The van der Waals surface area contributed by atoms with Gasteiger partial charge in [-0.2, -0.15) is 0 Å². The first-order valence-electron chi connectivity index (χ1n) is 12.8. The van der Waals surface area contributed by atoms with Gasteiger partial charge < -0.3 is 25.8 Å². The lowest BCUT2D eigenvalue weighted by atomic mass is 9.92. The first-order valence-corrected chi connectivity index (χ1v) is 12.8. The fraction of sp³-hybridized carbons (Fsp3) is 0.300. The van der Waals surface area contributed by atoms with E-state index in [2.05, 4.69) is 5.32 Å². The molecule has 0 saturated carbocycles. The molecule has 0 aromatic heterocycles. The molecule has 8 heteroatoms. The van der Waals surface area contributed by atoms with Crippen LogP contribution in [0.1, 0.15) is 35.1 Å². The summed E-state index contributed by atoms with van der Waals surface area (Å²) in [5.41, 5.74) is 9.83. The van der Waals surface area contributed by atoms with Crippen molar-refractivity contribution in [1.82, 2.24) is 10.2 Å². The van der Waals surface area contributed by atoms with Gasteiger partial charge in [0.05, 0.1) is 18.6 Å². The number of carbonyl (C=O) groups excluding carboxylic acids is 3. The van der Waals surface area contributed by atoms with Crippen molar-refractivity contribution in [3.05, 3.63) is 101 Å². The number of nitrogens with zero attached hydrogens (tertiary/aromatic N) is 1. The molecule has 1 aliphatic heterocycles. The van der Waals surface area contributed by atoms with Gasteiger partial charge in [0.25, 0.3) is 0 Å². The Morgan fingerprint density at radius 3 is 2.34 bits per heavy atom. The number of amides is 2. The molecule has 0 radical (unpaired) electrons. The average molecular weight is 516 g/mol. The summed E-state index contributed by atoms with van der Waals surface area (Å²) in [5, 5.41) is 12.4. The number of nitrogens with one attached hydrogen (secondary N) is 1. The van der Waals surface area contributed by atoms with E-state index >= 15 is 0 Å². The van der Waals surface area contributed by atoms with E-state index in [9.17, 15) is 19.5 Å². The van der Waals surface area contributed by atoms with Gasteiger partial charge in [0, 0.05) is 19.5 Å². The maximum absolute atomic E-state index is 13.5. The number of ether oxygens (including phenoxy) is 1. The minimum Gasteiger partial charge on any atom is -0.508 e. The molecule has 3 aromatic carbocycles. The van der Waals surface area contributed by atoms with Crippen LogP contribution in [0.5, 0.6) is 5.75 Å². The van der Waals surface area contributed by atoms with Crippen molar-refractivity contribution < 1.29 is 24.2 Å². The number of nitrogens with two attached hydrogens (primary N) is 1. The molecule has 2 amide bonds. The maximum atomic E-state index is 13.5. The Hall–Kier alpha value is -4.17. The maximum Gasteiger partial charge on any atom is 0.315 e. The van der Waals surface area contributed by atoms with Crippen LogP contribution in [0.3, 0.4) is 0 Å². The van der Waals surface area contributed by atoms with Gasteiger partial charge in [0.1, 0.15) is 11.8 Å². The number of rotatable bonds is 9. The Balaban J connectivity index is 1.52. The molecule has 0 aliphatic carbocycles. The molecular weight excluding hydrogens is 482 g/mol. The van der Waals surface area contributed by atoms with Crippen LogP contribution in [-0.2, 0) is 38.5 Å². The lowest BCUT2D eigenvalue weighted by Gasteiger charge is -2.37. The Labute approximate surface area is 222 Å². The third kappa shape index (κ3) is 6.39. The molecule has 4 rings (SSSR count). The molecule has 0 bridgehead atoms. The number of esters is 1. The number of hydrogen-bond donors (Lipinski definition) is 3. The number of fused-ring (bicyclic) bond motifs is 1. The molecule has 38 heavy (non-hydrogen) atoms. The molecule has 0 fully saturated rings. The predicted octanol–water partition coefficient (Wildman–Crippen LogP) is 2.68. The van der Waals surface area contributed by atoms with Crippen LogP contribution in [-0.4, -0.2) is 53.0 Å². The summed E-state index contributed by atoms with van der Waals surface area (Å²) in [4.78, 5) is 41.3. The second-order valence-corrected chi connectivity index (χ2v) is 9.39. The molecule has 198 valence electrons. The smallest absolute Gasteiger partial charge is 0.315 e. The van der Waals surface area contributed by atoms with Gasteiger partial charge in [0.2, 0.25) is 11.8 Å². The van der Waals surface area contributed by atoms with Crippen molar-refractivity contribution in [3.63, 3.8) is 0 Å². The van der Waals surface area contributed by atoms with Crippen molar-refractivity contribution in [3.8, 4) is 5.75 Å². The third-order valence-electron chi connectivity index (χ3n) is 6.80. The van der Waals surface area contributed by atoms with Crippen molar-refractivity contribution >= 4 is 17.8 Å². The summed E-state index contributed by atoms with van der Waals surface area (Å²) >= 11 is 0. The summed E-state index contributed by atoms with van der Waals surface area (Å²) < 4.78 is 5.25. The number of aromatic hydroxyl groups is 1. The number of hydrogen-bond acceptors (Lipinski definition) is 6. The summed E-state index contributed by atoms with van der Waals surface area (Å²) in [6, 6.07) is 21.8. The first-order chi connectivity index (χ1) is 18.4. The highest BCUT2D eigenvalue weighted by Crippen LogP contribution is 2.25. The molecule has 1 aliphatic rings. The molecule has 0 saturated heterocycles. The van der Waals surface area contributed by atoms with Crippen molar-refractivity contribution in [2.45, 2.75) is 44.3 Å². The van der Waals surface area contributed by atoms with Crippen LogP contribution in [0.15, 0.2) is 78.9 Å². The van der Waals surface area contributed by atoms with Gasteiger partial charge in [0.15, 0.2) is 0 Å². The topological polar surface area (TPSA) is 122 Å². The minimum atomic E-state index is -0.864. The Morgan fingerprint density at radius 2 is 1.66 bits per heavy atom. The molecule has 1 heterocycles. The van der Waals surface area contributed by atoms with Crippen molar-refractivity contribution in [2.75, 3.05) is 13.2 Å². The van der Waals surface area contributed by atoms with Crippen LogP contribution < -0.4 is 11.1 Å². The van der Waals surface area contributed by atoms with E-state index in [0.29, 0.717) is 6.42 Å². The quantitative estimate of drug-likeness (QED) is 0.377. The average Bonchev–Trinajstić information content (AvgIpc) is 2.94. The van der Waals surface area contributed by atoms with E-state index in [1.54, 1.807) is 31.2 Å². The van der Waals surface area contributed by atoms with E-state index in [1.165, 1.54) is 4.90 Å². The van der Waals surface area contributed by atoms with E-state index < -0.39 is 24.0 Å². The van der Waals surface area contributed by atoms with Crippen LogP contribution in [0.4, 0.5) is 0 Å². The van der Waals surface area contributed by atoms with Gasteiger partial charge in [-0.1, -0.05) is 66.7 Å². The summed E-state index contributed by atoms with van der Waals surface area (Å²) in [6.45, 7) is 2.28. The van der Waals surface area contributed by atoms with Crippen molar-refractivity contribution in [1.29, 1.82) is 0 Å². The molecular formula is C30H33N3O5. The van der Waals surface area contributed by atoms with E-state index in [-0.39, 0.29) is 43.7 Å². The van der Waals surface area contributed by atoms with E-state index in [1.807, 2.05) is 54.6 Å². The van der Waals surface area contributed by atoms with Crippen LogP contribution in [0, 0.1) is 0 Å². The highest BCUT2D eigenvalue weighted by molar-refractivity contribution is 5.91. The standard InChI is InChI=1S/C30H33N3O5/c1-2-38-30(37)25(21-8-4-3-5-9-21)18-32-28(35)27-17-22-10-6-7-11-23(22)19-33(27)29(36)26(31)16-20-12-14-24(34)15-13-20/h3-15,25-27,34H,2,16-19,31H2,1H3,(H,32,35)/t25-,26-,27-/m0/s1. The third-order valence-corrected chi connectivity index (χ3v) is 6.80. The zero-order chi connectivity index (χ0) is 27.1. The molecule has 0 unspecified atom stereocenters. The molecule has 3 aromatic rings. The van der Waals surface area contributed by atoms with Gasteiger partial charge in [-0.25, -0.2) is 0 Å². The Bertz CT molecular complexity index is 1260. The fourth-order valence-corrected chi connectivity index (χ4v) is 4.76. The molecule has 3 atom stereocenters. The Morgan fingerprint density at radius 1 is 1.00 bits per heavy atom. The van der Waals surface area contributed by atoms with Crippen LogP contribution in [0.2, 0.25) is 0 Å². The van der Waals surface area contributed by atoms with E-state index in [4.69, 9.17) is 10.5 Å². The largest absolute Gasteiger partial charge is 0.508 e. The number of phenolic OH excluding ortho intramolecular Hbond substituents is 1. The fourth-order valence-electron chi connectivity index (χ4n) is 4.76. The molecule has 0 spiro atoms.